The van der Waals surface area contributed by atoms with Gasteiger partial charge < -0.3 is 70.2 Å². The number of Topliss-reactive ketones (excluding diaryl/α,β-unsaturated/α-hetero) is 1. The van der Waals surface area contributed by atoms with Gasteiger partial charge in [0.25, 0.3) is 11.8 Å². The van der Waals surface area contributed by atoms with Crippen molar-refractivity contribution in [1.29, 1.82) is 0 Å². The third-order valence-corrected chi connectivity index (χ3v) is 19.7. The maximum atomic E-state index is 13.6. The molecule has 0 saturated heterocycles. The number of aliphatic hydroxyl groups excluding tert-OH is 1. The van der Waals surface area contributed by atoms with E-state index in [1.54, 1.807) is 141 Å². The summed E-state index contributed by atoms with van der Waals surface area (Å²) in [4.78, 5) is 81.3. The zero-order valence-electron chi connectivity index (χ0n) is 68.8. The molecule has 0 radical (unpaired) electrons. The van der Waals surface area contributed by atoms with E-state index < -0.39 is 46.3 Å². The molecule has 0 atom stereocenters. The molecule has 0 unspecified atom stereocenters. The number of benzene rings is 14. The number of ketones is 2. The van der Waals surface area contributed by atoms with Crippen molar-refractivity contribution >= 4 is 102 Å². The number of aliphatic hydroxyl groups is 1. The van der Waals surface area contributed by atoms with Crippen LogP contribution in [0.15, 0.2) is 302 Å². The van der Waals surface area contributed by atoms with E-state index in [0.29, 0.717) is 67.8 Å². The molecule has 2 heterocycles. The molecule has 0 spiro atoms. The lowest BCUT2D eigenvalue weighted by Crippen LogP contribution is -2.17. The summed E-state index contributed by atoms with van der Waals surface area (Å²) in [6.07, 6.45) is 5.07. The molecule has 130 heavy (non-hydrogen) atoms. The molecule has 25 heteroatoms. The van der Waals surface area contributed by atoms with Crippen LogP contribution in [0.5, 0.6) is 57.5 Å². The number of hydrogen-bond donors (Lipinski definition) is 10. The molecule has 0 saturated carbocycles. The fourth-order valence-electron chi connectivity index (χ4n) is 13.3. The number of nitrogens with zero attached hydrogens (tertiary/aromatic N) is 1. The van der Waals surface area contributed by atoms with Gasteiger partial charge in [-0.25, -0.2) is 23.8 Å². The number of rotatable bonds is 16. The Kier molecular flexibility index (Phi) is 34.5. The number of amides is 2. The number of carboxylic acids is 2. The number of carbonyl (C=O) groups is 6. The van der Waals surface area contributed by atoms with Gasteiger partial charge in [0.2, 0.25) is 18.0 Å². The zero-order chi connectivity index (χ0) is 91.1. The number of hydrazone groups is 1. The largest absolute Gasteiger partial charge is 0.872 e. The molecule has 0 aromatic heterocycles. The van der Waals surface area contributed by atoms with Gasteiger partial charge in [0.05, 0.1) is 30.0 Å². The summed E-state index contributed by atoms with van der Waals surface area (Å²) in [6.45, 7) is 10.5. The van der Waals surface area contributed by atoms with E-state index in [1.165, 1.54) is 79.9 Å². The van der Waals surface area contributed by atoms with Gasteiger partial charge in [-0.3, -0.25) is 24.0 Å². The van der Waals surface area contributed by atoms with Crippen molar-refractivity contribution in [3.63, 3.8) is 0 Å². The molecule has 664 valence electrons. The quantitative estimate of drug-likeness (QED) is 0.0141. The van der Waals surface area contributed by atoms with Crippen LogP contribution in [0.4, 0.5) is 14.5 Å². The number of hydrogen-bond acceptors (Lipinski definition) is 19. The minimum absolute atomic E-state index is 0. The van der Waals surface area contributed by atoms with E-state index in [4.69, 9.17) is 34.3 Å². The third kappa shape index (κ3) is 24.5. The Balaban J connectivity index is 0.000000188. The van der Waals surface area contributed by atoms with Gasteiger partial charge in [0, 0.05) is 39.4 Å². The fraction of sp³-hybridized carbons (Fsp3) is 0.105. The van der Waals surface area contributed by atoms with Crippen molar-refractivity contribution in [3.05, 3.63) is 386 Å². The number of para-hydroxylation sites is 1. The van der Waals surface area contributed by atoms with Gasteiger partial charge in [-0.1, -0.05) is 235 Å². The first kappa shape index (κ1) is 98.5. The van der Waals surface area contributed by atoms with Crippen LogP contribution in [0.1, 0.15) is 130 Å². The molecule has 17 rings (SSSR count). The number of ether oxygens (including phenoxy) is 4. The maximum absolute atomic E-state index is 13.6. The summed E-state index contributed by atoms with van der Waals surface area (Å²) in [6, 6.07) is 79.1. The lowest BCUT2D eigenvalue weighted by Gasteiger charge is -2.16. The highest BCUT2D eigenvalue weighted by molar-refractivity contribution is 6.24. The number of aromatic hydroxyl groups is 5. The van der Waals surface area contributed by atoms with Crippen molar-refractivity contribution in [2.45, 2.75) is 56.4 Å². The Morgan fingerprint density at radius 2 is 1.14 bits per heavy atom. The van der Waals surface area contributed by atoms with Crippen LogP contribution in [0.25, 0.3) is 66.1 Å². The second kappa shape index (κ2) is 45.6. The van der Waals surface area contributed by atoms with Gasteiger partial charge in [0.15, 0.2) is 52.7 Å². The van der Waals surface area contributed by atoms with Crippen molar-refractivity contribution in [2.75, 3.05) is 25.8 Å². The molecule has 2 aliphatic heterocycles. The summed E-state index contributed by atoms with van der Waals surface area (Å²) in [7, 11) is 1.43. The van der Waals surface area contributed by atoms with Crippen LogP contribution >= 0.6 is 0 Å². The molecule has 15 aromatic carbocycles. The zero-order valence-corrected chi connectivity index (χ0v) is 68.8. The number of phenolic OH excluding ortho intramolecular Hbond substituents is 4. The van der Waals surface area contributed by atoms with Gasteiger partial charge in [-0.15, -0.1) is 0 Å². The summed E-state index contributed by atoms with van der Waals surface area (Å²) in [5, 5.41) is 100. The van der Waals surface area contributed by atoms with E-state index in [9.17, 15) is 73.0 Å². The fourth-order valence-corrected chi connectivity index (χ4v) is 13.3. The number of fused-ring (bicyclic) bond motifs is 4. The molecule has 23 nitrogen and oxygen atoms in total. The first-order chi connectivity index (χ1) is 61.0. The molecule has 2 amide bonds. The molecular formula is C105H94F2N3O20-. The SMILES string of the molecule is C.C.C.C=C(O)c1ccc(-c2ccc(O)c(F)c2)cc1.CCc1cc(C(=O)COc2ccccc2)c(O)cc1O.COc1cc(C(=O)N/N=C/c2cccc3ccccc23)ccc1O.Cc1cc2c3c(cccc3c1)NC2=O.Cc1cc2ccccc2c(C(=O)O)c1F.Cc1cc2ccccc2c(C(=O)O)c1[O-].O=C(/C=C/c1ccc2c(c1)OCO2)c1ccccc(=O)c1O. The Hall–Kier alpha value is -17.0. The lowest BCUT2D eigenvalue weighted by molar-refractivity contribution is -0.269. The van der Waals surface area contributed by atoms with E-state index in [0.717, 1.165) is 65.8 Å². The second-order valence-electron chi connectivity index (χ2n) is 28.4. The van der Waals surface area contributed by atoms with Gasteiger partial charge in [0.1, 0.15) is 34.4 Å². The molecule has 15 aromatic rings. The average Bonchev–Trinajstić information content (AvgIpc) is 1.13. The lowest BCUT2D eigenvalue weighted by atomic mass is 10.00. The highest BCUT2D eigenvalue weighted by Gasteiger charge is 2.23. The molecule has 10 N–H and O–H groups in total. The van der Waals surface area contributed by atoms with E-state index in [-0.39, 0.29) is 110 Å². The van der Waals surface area contributed by atoms with Crippen LogP contribution in [-0.2, 0) is 6.42 Å². The second-order valence-corrected chi connectivity index (χ2v) is 28.4. The van der Waals surface area contributed by atoms with Crippen LogP contribution in [-0.4, -0.2) is 103 Å². The Bertz CT molecular complexity index is 6730. The van der Waals surface area contributed by atoms with E-state index in [1.807, 2.05) is 105 Å². The minimum atomic E-state index is -1.23. The normalized spacial score (nSPS) is 10.9. The van der Waals surface area contributed by atoms with Crippen molar-refractivity contribution in [1.82, 2.24) is 5.43 Å². The molecule has 0 aliphatic carbocycles. The molecule has 0 bridgehead atoms. The highest BCUT2D eigenvalue weighted by atomic mass is 19.1. The first-order valence-corrected chi connectivity index (χ1v) is 39.0. The topological polar surface area (TPSA) is 378 Å². The van der Waals surface area contributed by atoms with Gasteiger partial charge in [-0.05, 0) is 195 Å². The predicted octanol–water partition coefficient (Wildman–Crippen LogP) is 21.9. The van der Waals surface area contributed by atoms with Gasteiger partial charge in [-0.2, -0.15) is 5.10 Å². The number of halogens is 2. The monoisotopic (exact) mass is 1750 g/mol. The number of aromatic carboxylic acids is 2. The van der Waals surface area contributed by atoms with Crippen LogP contribution in [0, 0.1) is 32.4 Å². The highest BCUT2D eigenvalue weighted by Crippen LogP contribution is 2.37. The summed E-state index contributed by atoms with van der Waals surface area (Å²) >= 11 is 0. The standard InChI is InChI=1S/C19H16N2O3.C17H12O5.C16H16O4.C14H11FO2.C12H9FO2.C12H9NO.C12H10O3.3CH4/c1-24-18-11-14(9-10-17(18)22)19(23)21-20-12-15-7-4-6-13-5-2-3-8-16(13)15;18-13(12-3-1-2-4-14(19)17(12)20)7-5-11-6-8-15-16(9-11)22-10-21-15;1-2-11-8-13(15(18)9-14(11)17)16(19)10-20-12-6-4-3-5-7-12;1-9(16)10-2-4-11(5-3-10)12-6-7-14(17)13(15)8-12;1-7-6-8-4-2-3-5-9(8)10(11(7)13)12(14)15;1-7-5-8-3-2-4-10-11(8)9(6-7)12(14)13-10;1-7-6-8-4-2-3-5-9(8)10(11(7)13)12(14)15;;;/h2-12,22H,1H3,(H,21,23);1-9H,10H2,(H,19,20);3-9,17-18H,2,10H2,1H3;2-8,16-17H,1H2;2-6H,1H3,(H,14,15);2-6H,1H3,(H,13,14);2-6,13H,1H3,(H,14,15);3*1H4/p-1/b20-12+;7-5+;;;;;;;;. The van der Waals surface area contributed by atoms with Gasteiger partial charge >= 0.3 is 11.9 Å². The number of phenols is 4. The average molecular weight is 1760 g/mol. The summed E-state index contributed by atoms with van der Waals surface area (Å²) < 4.78 is 47.6. The van der Waals surface area contributed by atoms with Crippen LogP contribution in [0.2, 0.25) is 0 Å². The van der Waals surface area contributed by atoms with E-state index in [2.05, 4.69) is 28.5 Å². The smallest absolute Gasteiger partial charge is 0.339 e. The number of allylic oxidation sites excluding steroid dienone is 1. The predicted molar refractivity (Wildman–Crippen MR) is 502 cm³/mol. The van der Waals surface area contributed by atoms with E-state index >= 15 is 0 Å². The Labute approximate surface area is 747 Å². The molecule has 0 fully saturated rings. The Morgan fingerprint density at radius 1 is 0.554 bits per heavy atom. The number of anilines is 1. The number of nitrogens with one attached hydrogen (secondary N) is 2. The summed E-state index contributed by atoms with van der Waals surface area (Å²) in [5.41, 5.74) is 10.0. The van der Waals surface area contributed by atoms with Crippen molar-refractivity contribution < 1.29 is 102 Å². The first-order valence-electron chi connectivity index (χ1n) is 39.0. The van der Waals surface area contributed by atoms with Crippen molar-refractivity contribution in [3.8, 4) is 68.6 Å². The van der Waals surface area contributed by atoms with Crippen molar-refractivity contribution in [2.24, 2.45) is 5.10 Å². The maximum Gasteiger partial charge on any atom is 0.339 e. The van der Waals surface area contributed by atoms with Crippen LogP contribution in [0.3, 0.4) is 0 Å². The third-order valence-electron chi connectivity index (χ3n) is 19.7. The number of carbonyl (C=O) groups excluding carboxylic acids is 4. The number of methoxy groups -OCH3 is 1. The Morgan fingerprint density at radius 3 is 1.80 bits per heavy atom. The number of carboxylic acid groups (broad SMARTS) is 2. The molecular weight excluding hydrogens is 1660 g/mol. The number of aryl methyl sites for hydroxylation is 4. The summed E-state index contributed by atoms with van der Waals surface area (Å²) in [5.74, 6) is -4.34. The molecule has 2 aliphatic rings. The minimum Gasteiger partial charge on any atom is -0.872 e. The van der Waals surface area contributed by atoms with Crippen LogP contribution < -0.4 is 40.2 Å².